The van der Waals surface area contributed by atoms with Gasteiger partial charge in [0, 0.05) is 12.1 Å². The number of β-lactam (4-membered cyclic amide) rings is 1. The Morgan fingerprint density at radius 2 is 1.59 bits per heavy atom. The molecule has 1 aromatic heterocycles. The lowest BCUT2D eigenvalue weighted by molar-refractivity contribution is -0.123. The van der Waals surface area contributed by atoms with Crippen molar-refractivity contribution in [1.29, 1.82) is 0 Å². The number of aromatic nitrogens is 2. The molecule has 7 heteroatoms. The van der Waals surface area contributed by atoms with E-state index in [9.17, 15) is 9.59 Å². The zero-order valence-corrected chi connectivity index (χ0v) is 16.3. The molecular weight excluding hydrogens is 385 g/mol. The third-order valence-electron chi connectivity index (χ3n) is 5.00. The number of alkyl halides is 1. The van der Waals surface area contributed by atoms with Gasteiger partial charge in [0.1, 0.15) is 11.1 Å². The fraction of sp³-hybridized carbons (Fsp3) is 0.200. The molecule has 5 nitrogen and oxygen atoms in total. The van der Waals surface area contributed by atoms with Crippen molar-refractivity contribution >= 4 is 34.8 Å². The Balaban J connectivity index is 1.84. The molecular formula is C20H17Cl2N3O2. The highest BCUT2D eigenvalue weighted by atomic mass is 35.5. The number of rotatable bonds is 3. The van der Waals surface area contributed by atoms with Gasteiger partial charge in [0.15, 0.2) is 0 Å². The maximum absolute atomic E-state index is 13.2. The van der Waals surface area contributed by atoms with Gasteiger partial charge in [-0.3, -0.25) is 19.2 Å². The van der Waals surface area contributed by atoms with Crippen LogP contribution >= 0.6 is 23.2 Å². The molecule has 0 saturated carbocycles. The van der Waals surface area contributed by atoms with Gasteiger partial charge < -0.3 is 0 Å². The minimum Gasteiger partial charge on any atom is -0.295 e. The van der Waals surface area contributed by atoms with Crippen LogP contribution in [0.5, 0.6) is 0 Å². The van der Waals surface area contributed by atoms with Crippen molar-refractivity contribution in [2.24, 2.45) is 7.05 Å². The van der Waals surface area contributed by atoms with E-state index < -0.39 is 11.4 Å². The van der Waals surface area contributed by atoms with Gasteiger partial charge in [0.05, 0.1) is 17.4 Å². The van der Waals surface area contributed by atoms with E-state index in [2.05, 4.69) is 0 Å². The molecule has 0 spiro atoms. The van der Waals surface area contributed by atoms with Crippen molar-refractivity contribution in [3.63, 3.8) is 0 Å². The van der Waals surface area contributed by atoms with E-state index in [1.807, 2.05) is 49.4 Å². The fourth-order valence-corrected chi connectivity index (χ4v) is 4.00. The van der Waals surface area contributed by atoms with Gasteiger partial charge in [0.25, 0.3) is 5.56 Å². The van der Waals surface area contributed by atoms with Crippen molar-refractivity contribution in [2.45, 2.75) is 18.3 Å². The predicted octanol–water partition coefficient (Wildman–Crippen LogP) is 3.83. The van der Waals surface area contributed by atoms with E-state index in [0.717, 1.165) is 11.3 Å². The molecule has 1 fully saturated rings. The summed E-state index contributed by atoms with van der Waals surface area (Å²) in [5, 5.41) is -0.111. The molecule has 2 atom stereocenters. The van der Waals surface area contributed by atoms with Crippen LogP contribution in [0.1, 0.15) is 17.3 Å². The summed E-state index contributed by atoms with van der Waals surface area (Å²) in [6, 6.07) is 16.1. The van der Waals surface area contributed by atoms with Crippen molar-refractivity contribution in [1.82, 2.24) is 9.36 Å². The maximum atomic E-state index is 13.2. The molecule has 2 unspecified atom stereocenters. The molecule has 3 aromatic rings. The topological polar surface area (TPSA) is 47.2 Å². The minimum absolute atomic E-state index is 0.253. The highest BCUT2D eigenvalue weighted by Crippen LogP contribution is 2.42. The molecule has 1 aliphatic rings. The summed E-state index contributed by atoms with van der Waals surface area (Å²) < 4.78 is 3.30. The zero-order valence-electron chi connectivity index (χ0n) is 14.8. The lowest BCUT2D eigenvalue weighted by Gasteiger charge is -2.43. The van der Waals surface area contributed by atoms with Gasteiger partial charge in [0.2, 0.25) is 5.91 Å². The van der Waals surface area contributed by atoms with Gasteiger partial charge in [-0.25, -0.2) is 4.68 Å². The first-order valence-electron chi connectivity index (χ1n) is 8.48. The standard InChI is InChI=1S/C20H17Cl2N3O2/c1-12-17(20(27)25(23(12)2)15-6-4-3-5-7-15)24-18(16(22)19(24)26)13-8-10-14(21)11-9-13/h3-11,16,18H,1-2H3. The second-order valence-electron chi connectivity index (χ2n) is 6.52. The molecule has 1 amide bonds. The second-order valence-corrected chi connectivity index (χ2v) is 7.42. The van der Waals surface area contributed by atoms with Crippen molar-refractivity contribution in [3.8, 4) is 5.69 Å². The molecule has 0 aliphatic carbocycles. The summed E-state index contributed by atoms with van der Waals surface area (Å²) in [5.74, 6) is -0.275. The lowest BCUT2D eigenvalue weighted by atomic mass is 9.92. The van der Waals surface area contributed by atoms with Crippen molar-refractivity contribution < 1.29 is 4.79 Å². The Hall–Kier alpha value is -2.50. The molecule has 0 bridgehead atoms. The van der Waals surface area contributed by atoms with Crippen LogP contribution in [-0.2, 0) is 11.8 Å². The molecule has 1 aliphatic heterocycles. The van der Waals surface area contributed by atoms with Crippen LogP contribution in [-0.4, -0.2) is 20.6 Å². The largest absolute Gasteiger partial charge is 0.295 e. The number of halogens is 2. The number of benzene rings is 2. The second kappa shape index (κ2) is 6.59. The third kappa shape index (κ3) is 2.69. The highest BCUT2D eigenvalue weighted by molar-refractivity contribution is 6.37. The summed E-state index contributed by atoms with van der Waals surface area (Å²) in [4.78, 5) is 27.3. The minimum atomic E-state index is -0.713. The number of hydrogen-bond acceptors (Lipinski definition) is 2. The quantitative estimate of drug-likeness (QED) is 0.494. The van der Waals surface area contributed by atoms with Crippen LogP contribution in [0.25, 0.3) is 5.69 Å². The Morgan fingerprint density at radius 1 is 0.963 bits per heavy atom. The van der Waals surface area contributed by atoms with Crippen LogP contribution in [0.4, 0.5) is 5.69 Å². The normalized spacial score (nSPS) is 19.3. The molecule has 1 saturated heterocycles. The molecule has 27 heavy (non-hydrogen) atoms. The lowest BCUT2D eigenvalue weighted by Crippen LogP contribution is -2.58. The van der Waals surface area contributed by atoms with E-state index >= 15 is 0 Å². The maximum Gasteiger partial charge on any atom is 0.295 e. The summed E-state index contributed by atoms with van der Waals surface area (Å²) in [6.45, 7) is 1.82. The van der Waals surface area contributed by atoms with Crippen LogP contribution in [0.3, 0.4) is 0 Å². The Kier molecular flexibility index (Phi) is 4.36. The molecule has 138 valence electrons. The number of nitrogens with zero attached hydrogens (tertiary/aromatic N) is 3. The average molecular weight is 402 g/mol. The SMILES string of the molecule is Cc1c(N2C(=O)C(Cl)C2c2ccc(Cl)cc2)c(=O)n(-c2ccccc2)n1C. The Morgan fingerprint density at radius 3 is 2.22 bits per heavy atom. The summed E-state index contributed by atoms with van der Waals surface area (Å²) >= 11 is 12.3. The first-order chi connectivity index (χ1) is 12.9. The van der Waals surface area contributed by atoms with Crippen LogP contribution in [0.15, 0.2) is 59.4 Å². The van der Waals surface area contributed by atoms with Gasteiger partial charge in [-0.05, 0) is 36.8 Å². The number of carbonyl (C=O) groups is 1. The molecule has 4 rings (SSSR count). The van der Waals surface area contributed by atoms with Gasteiger partial charge in [-0.2, -0.15) is 0 Å². The van der Waals surface area contributed by atoms with Crippen LogP contribution in [0.2, 0.25) is 5.02 Å². The number of anilines is 1. The smallest absolute Gasteiger partial charge is 0.295 e. The van der Waals surface area contributed by atoms with E-state index in [0.29, 0.717) is 16.4 Å². The summed E-state index contributed by atoms with van der Waals surface area (Å²) in [5.41, 5.74) is 2.37. The van der Waals surface area contributed by atoms with Crippen LogP contribution < -0.4 is 10.5 Å². The average Bonchev–Trinajstić information content (AvgIpc) is 2.89. The van der Waals surface area contributed by atoms with E-state index in [4.69, 9.17) is 23.2 Å². The molecule has 2 heterocycles. The van der Waals surface area contributed by atoms with Gasteiger partial charge >= 0.3 is 0 Å². The van der Waals surface area contributed by atoms with Crippen molar-refractivity contribution in [2.75, 3.05) is 4.90 Å². The number of hydrogen-bond donors (Lipinski definition) is 0. The first kappa shape index (κ1) is 17.9. The van der Waals surface area contributed by atoms with Gasteiger partial charge in [-0.1, -0.05) is 41.9 Å². The third-order valence-corrected chi connectivity index (χ3v) is 5.68. The molecule has 0 radical (unpaired) electrons. The summed E-state index contributed by atoms with van der Waals surface area (Å²) in [6.07, 6.45) is 0. The fourth-order valence-electron chi connectivity index (χ4n) is 3.51. The first-order valence-corrected chi connectivity index (χ1v) is 9.30. The predicted molar refractivity (Wildman–Crippen MR) is 107 cm³/mol. The van der Waals surface area contributed by atoms with E-state index in [-0.39, 0.29) is 11.5 Å². The highest BCUT2D eigenvalue weighted by Gasteiger charge is 2.50. The zero-order chi connectivity index (χ0) is 19.3. The van der Waals surface area contributed by atoms with Crippen LogP contribution in [0, 0.1) is 6.92 Å². The monoisotopic (exact) mass is 401 g/mol. The molecule has 0 N–H and O–H groups in total. The Labute approximate surface area is 166 Å². The summed E-state index contributed by atoms with van der Waals surface area (Å²) in [7, 11) is 1.80. The van der Waals surface area contributed by atoms with Crippen molar-refractivity contribution in [3.05, 3.63) is 81.2 Å². The molecule has 2 aromatic carbocycles. The van der Waals surface area contributed by atoms with E-state index in [1.165, 1.54) is 4.90 Å². The van der Waals surface area contributed by atoms with Gasteiger partial charge in [-0.15, -0.1) is 11.6 Å². The Bertz CT molecular complexity index is 1070. The van der Waals surface area contributed by atoms with E-state index in [1.54, 1.807) is 28.5 Å². The number of para-hydroxylation sites is 1. The number of amides is 1. The number of carbonyl (C=O) groups excluding carboxylic acids is 1.